The lowest BCUT2D eigenvalue weighted by molar-refractivity contribution is -0.282. The summed E-state index contributed by atoms with van der Waals surface area (Å²) in [4.78, 5) is 65.7. The number of carbonyl (C=O) groups excluding carboxylic acids is 5. The van der Waals surface area contributed by atoms with E-state index in [1.807, 2.05) is 0 Å². The first-order valence-electron chi connectivity index (χ1n) is 28.0. The van der Waals surface area contributed by atoms with Gasteiger partial charge in [-0.05, 0) is 56.8 Å². The molecule has 0 saturated carbocycles. The molecule has 3 saturated heterocycles. The number of nitrogens with one attached hydrogen (secondary N) is 2. The number of rotatable bonds is 40. The van der Waals surface area contributed by atoms with Crippen molar-refractivity contribution < 1.29 is 113 Å². The summed E-state index contributed by atoms with van der Waals surface area (Å²) in [6, 6.07) is 0. The molecule has 0 bridgehead atoms. The van der Waals surface area contributed by atoms with Gasteiger partial charge in [0.2, 0.25) is 11.8 Å². The average Bonchev–Trinajstić information content (AvgIpc) is 3.40. The van der Waals surface area contributed by atoms with Crippen molar-refractivity contribution in [3.8, 4) is 0 Å². The Hall–Kier alpha value is -2.77. The highest BCUT2D eigenvalue weighted by Crippen LogP contribution is 2.29. The van der Waals surface area contributed by atoms with Crippen LogP contribution >= 0.6 is 0 Å². The number of unbranched alkanes of at least 4 members (excludes halogenated alkanes) is 3. The molecule has 3 aliphatic rings. The van der Waals surface area contributed by atoms with Gasteiger partial charge in [-0.3, -0.25) is 24.0 Å². The predicted molar refractivity (Wildman–Crippen MR) is 279 cm³/mol. The van der Waals surface area contributed by atoms with Crippen LogP contribution in [-0.2, 0) is 66.6 Å². The van der Waals surface area contributed by atoms with Gasteiger partial charge in [0.25, 0.3) is 0 Å². The molecule has 3 rings (SSSR count). The lowest BCUT2D eigenvalue weighted by atomic mass is 9.92. The molecule has 0 radical (unpaired) electrons. The zero-order valence-electron chi connectivity index (χ0n) is 47.3. The SMILES string of the molecule is CC1[C@H](OCCCCC(=O)COCC(COCC(=O)CCCCO[C@@H]2OC(CO)[C@H](O)[C@H](O)C2C)(COCC(=O)CCCCO[C@@H]2OC(CO)[C@H](O)[C@H](O)C2C)NC(=O)CCCC(=O)NCCC(C)(C)C)OC(CO)[C@H](O)[C@@H]1O. The number of hydrogen-bond acceptors (Lipinski definition) is 23. The zero-order valence-corrected chi connectivity index (χ0v) is 47.3. The number of hydrogen-bond donors (Lipinski definition) is 11. The van der Waals surface area contributed by atoms with E-state index in [1.165, 1.54) is 0 Å². The Morgan fingerprint density at radius 3 is 1.10 bits per heavy atom. The Labute approximate surface area is 464 Å². The molecular weight excluding hydrogens is 1040 g/mol. The summed E-state index contributed by atoms with van der Waals surface area (Å²) in [5.74, 6) is -3.36. The van der Waals surface area contributed by atoms with Crippen LogP contribution in [0.4, 0.5) is 0 Å². The Morgan fingerprint density at radius 2 is 0.785 bits per heavy atom. The summed E-state index contributed by atoms with van der Waals surface area (Å²) in [7, 11) is 0. The van der Waals surface area contributed by atoms with E-state index in [0.717, 1.165) is 6.42 Å². The molecule has 2 amide bonds. The number of aliphatic hydroxyl groups is 9. The van der Waals surface area contributed by atoms with Crippen molar-refractivity contribution in [2.45, 2.75) is 204 Å². The Bertz CT molecular complexity index is 1610. The quantitative estimate of drug-likeness (QED) is 0.0332. The molecule has 79 heavy (non-hydrogen) atoms. The van der Waals surface area contributed by atoms with E-state index in [0.29, 0.717) is 45.1 Å². The van der Waals surface area contributed by atoms with Gasteiger partial charge in [-0.2, -0.15) is 0 Å². The smallest absolute Gasteiger partial charge is 0.220 e. The van der Waals surface area contributed by atoms with Crippen molar-refractivity contribution in [2.75, 3.05) is 85.8 Å². The molecule has 3 aliphatic heterocycles. The Kier molecular flexibility index (Phi) is 32.8. The van der Waals surface area contributed by atoms with Gasteiger partial charge in [0, 0.05) is 76.2 Å². The third-order valence-corrected chi connectivity index (χ3v) is 14.3. The van der Waals surface area contributed by atoms with Gasteiger partial charge in [0.05, 0.1) is 58.0 Å². The average molecular weight is 1140 g/mol. The summed E-state index contributed by atoms with van der Waals surface area (Å²) in [6.07, 6.45) is -9.46. The molecular formula is C54H96N2O23. The van der Waals surface area contributed by atoms with Crippen LogP contribution in [-0.4, -0.2) is 240 Å². The van der Waals surface area contributed by atoms with Crippen LogP contribution in [0.3, 0.4) is 0 Å². The van der Waals surface area contributed by atoms with E-state index in [1.54, 1.807) is 20.8 Å². The van der Waals surface area contributed by atoms with E-state index >= 15 is 0 Å². The van der Waals surface area contributed by atoms with E-state index in [2.05, 4.69) is 31.4 Å². The van der Waals surface area contributed by atoms with Gasteiger partial charge in [0.1, 0.15) is 62.0 Å². The number of carbonyl (C=O) groups is 5. The van der Waals surface area contributed by atoms with Crippen molar-refractivity contribution in [1.29, 1.82) is 0 Å². The lowest BCUT2D eigenvalue weighted by Crippen LogP contribution is -2.59. The van der Waals surface area contributed by atoms with E-state index in [9.17, 15) is 69.9 Å². The predicted octanol–water partition coefficient (Wildman–Crippen LogP) is -0.893. The highest BCUT2D eigenvalue weighted by atomic mass is 16.7. The molecule has 25 nitrogen and oxygen atoms in total. The molecule has 6 unspecified atom stereocenters. The number of ketones is 3. The second-order valence-corrected chi connectivity index (χ2v) is 22.6. The van der Waals surface area contributed by atoms with Crippen LogP contribution in [0.2, 0.25) is 0 Å². The van der Waals surface area contributed by atoms with Crippen molar-refractivity contribution in [3.05, 3.63) is 0 Å². The highest BCUT2D eigenvalue weighted by molar-refractivity contribution is 5.81. The van der Waals surface area contributed by atoms with Crippen molar-refractivity contribution in [1.82, 2.24) is 10.6 Å². The monoisotopic (exact) mass is 1140 g/mol. The first kappa shape index (κ1) is 70.5. The fourth-order valence-corrected chi connectivity index (χ4v) is 9.07. The fourth-order valence-electron chi connectivity index (χ4n) is 9.07. The Morgan fingerprint density at radius 1 is 0.456 bits per heavy atom. The van der Waals surface area contributed by atoms with Crippen molar-refractivity contribution >= 4 is 29.2 Å². The minimum atomic E-state index is -1.55. The van der Waals surface area contributed by atoms with Crippen LogP contribution < -0.4 is 10.6 Å². The zero-order chi connectivity index (χ0) is 58.7. The van der Waals surface area contributed by atoms with Gasteiger partial charge in [0.15, 0.2) is 36.2 Å². The number of Topliss-reactive ketones (excluding diaryl/α,β-unsaturated/α-hetero) is 3. The van der Waals surface area contributed by atoms with Crippen LogP contribution in [0.5, 0.6) is 0 Å². The molecule has 15 atom stereocenters. The maximum Gasteiger partial charge on any atom is 0.220 e. The van der Waals surface area contributed by atoms with Crippen LogP contribution in [0.25, 0.3) is 0 Å². The summed E-state index contributed by atoms with van der Waals surface area (Å²) < 4.78 is 51.9. The molecule has 3 heterocycles. The molecule has 3 fully saturated rings. The van der Waals surface area contributed by atoms with Crippen molar-refractivity contribution in [3.63, 3.8) is 0 Å². The number of ether oxygens (including phenoxy) is 9. The number of amides is 2. The van der Waals surface area contributed by atoms with Crippen LogP contribution in [0.1, 0.15) is 125 Å². The minimum Gasteiger partial charge on any atom is -0.394 e. The second-order valence-electron chi connectivity index (χ2n) is 22.6. The largest absolute Gasteiger partial charge is 0.394 e. The second kappa shape index (κ2) is 36.7. The van der Waals surface area contributed by atoms with E-state index in [-0.39, 0.29) is 107 Å². The van der Waals surface area contributed by atoms with Crippen LogP contribution in [0.15, 0.2) is 0 Å². The third-order valence-electron chi connectivity index (χ3n) is 14.3. The maximum atomic E-state index is 13.7. The Balaban J connectivity index is 1.64. The summed E-state index contributed by atoms with van der Waals surface area (Å²) in [5.41, 5.74) is -1.54. The van der Waals surface area contributed by atoms with Gasteiger partial charge in [-0.1, -0.05) is 41.5 Å². The topological polar surface area (TPSA) is 375 Å². The third kappa shape index (κ3) is 25.3. The number of aliphatic hydroxyl groups excluding tert-OH is 9. The summed E-state index contributed by atoms with van der Waals surface area (Å²) >= 11 is 0. The summed E-state index contributed by atoms with van der Waals surface area (Å²) in [6.45, 7) is 8.26. The molecule has 0 aromatic heterocycles. The lowest BCUT2D eigenvalue weighted by Gasteiger charge is -2.40. The van der Waals surface area contributed by atoms with Gasteiger partial charge >= 0.3 is 0 Å². The molecule has 11 N–H and O–H groups in total. The van der Waals surface area contributed by atoms with Crippen molar-refractivity contribution in [2.24, 2.45) is 23.2 Å². The molecule has 0 aromatic carbocycles. The highest BCUT2D eigenvalue weighted by Gasteiger charge is 2.45. The fraction of sp³-hybridized carbons (Fsp3) is 0.907. The summed E-state index contributed by atoms with van der Waals surface area (Å²) in [5, 5.41) is 95.8. The molecule has 25 heteroatoms. The molecule has 460 valence electrons. The first-order chi connectivity index (χ1) is 37.5. The first-order valence-corrected chi connectivity index (χ1v) is 28.0. The van der Waals surface area contributed by atoms with E-state index in [4.69, 9.17) is 42.6 Å². The van der Waals surface area contributed by atoms with Crippen LogP contribution in [0, 0.1) is 23.2 Å². The van der Waals surface area contributed by atoms with Gasteiger partial charge in [-0.15, -0.1) is 0 Å². The molecule has 0 spiro atoms. The normalized spacial score (nSPS) is 30.1. The molecule has 0 aliphatic carbocycles. The minimum absolute atomic E-state index is 0.0106. The standard InChI is InChI=1S/C54H96N2O23/c1-33-44(65)47(68)39(24-57)77-50(33)74-21-10-7-14-36(60)27-71-30-54(56-43(64)18-13-17-42(63)55-20-19-53(4,5)6,31-72-28-37(61)15-8-11-22-75-51-34(2)45(66)48(69)40(25-58)78-51)32-73-29-38(62)16-9-12-23-76-52-35(3)46(67)49(70)41(26-59)79-52/h33-35,39-41,44-52,57-59,65-70H,7-32H2,1-6H3,(H,55,63)(H,56,64)/t33?,34?,35?,39?,40?,41?,44-,45-,46-,47+,48+,49+,50-,51-,52-,54?/m1/s1. The van der Waals surface area contributed by atoms with E-state index < -0.39 is 143 Å². The maximum absolute atomic E-state index is 13.7. The van der Waals surface area contributed by atoms with Gasteiger partial charge < -0.3 is 99.2 Å². The molecule has 0 aromatic rings. The van der Waals surface area contributed by atoms with Gasteiger partial charge in [-0.25, -0.2) is 0 Å².